The number of benzene rings is 1. The maximum Gasteiger partial charge on any atom is 0.129 e. The number of hydrogen-bond acceptors (Lipinski definition) is 2. The monoisotopic (exact) mass is 308 g/mol. The fraction of sp³-hybridized carbons (Fsp3) is 0.214. The van der Waals surface area contributed by atoms with E-state index in [1.54, 1.807) is 26.2 Å². The molecule has 0 aliphatic carbocycles. The smallest absolute Gasteiger partial charge is 0.129 e. The molecule has 0 saturated carbocycles. The van der Waals surface area contributed by atoms with Gasteiger partial charge in [0.2, 0.25) is 0 Å². The third-order valence-electron chi connectivity index (χ3n) is 2.70. The number of rotatable bonds is 3. The van der Waals surface area contributed by atoms with E-state index in [9.17, 15) is 4.39 Å². The molecule has 0 atom stereocenters. The van der Waals surface area contributed by atoms with Gasteiger partial charge in [-0.05, 0) is 52.5 Å². The average Bonchev–Trinajstić information content (AvgIpc) is 2.33. The van der Waals surface area contributed by atoms with Gasteiger partial charge in [0, 0.05) is 17.2 Å². The summed E-state index contributed by atoms with van der Waals surface area (Å²) in [6.07, 6.45) is 3.49. The van der Waals surface area contributed by atoms with E-state index in [0.29, 0.717) is 17.7 Å². The Balaban J connectivity index is 2.11. The van der Waals surface area contributed by atoms with Gasteiger partial charge < -0.3 is 5.32 Å². The molecule has 1 aromatic carbocycles. The summed E-state index contributed by atoms with van der Waals surface area (Å²) in [5.41, 5.74) is 3.36. The summed E-state index contributed by atoms with van der Waals surface area (Å²) in [6.45, 7) is 4.22. The topological polar surface area (TPSA) is 24.9 Å². The van der Waals surface area contributed by atoms with Gasteiger partial charge in [-0.1, -0.05) is 12.1 Å². The van der Waals surface area contributed by atoms with Crippen LogP contribution in [0.15, 0.2) is 35.1 Å². The summed E-state index contributed by atoms with van der Waals surface area (Å²) in [5, 5.41) is 3.26. The van der Waals surface area contributed by atoms with Gasteiger partial charge in [0.25, 0.3) is 0 Å². The molecule has 0 fully saturated rings. The molecule has 0 aliphatic heterocycles. The van der Waals surface area contributed by atoms with E-state index in [-0.39, 0.29) is 5.82 Å². The van der Waals surface area contributed by atoms with Crippen LogP contribution in [0.4, 0.5) is 10.1 Å². The highest BCUT2D eigenvalue weighted by Gasteiger charge is 2.04. The highest BCUT2D eigenvalue weighted by Crippen LogP contribution is 2.17. The van der Waals surface area contributed by atoms with Gasteiger partial charge in [-0.3, -0.25) is 4.98 Å². The molecule has 2 aromatic rings. The van der Waals surface area contributed by atoms with Gasteiger partial charge >= 0.3 is 0 Å². The molecule has 1 heterocycles. The van der Waals surface area contributed by atoms with Gasteiger partial charge in [-0.25, -0.2) is 4.39 Å². The molecule has 4 heteroatoms. The minimum atomic E-state index is -0.122. The number of nitrogens with zero attached hydrogens (tertiary/aromatic N) is 1. The van der Waals surface area contributed by atoms with Gasteiger partial charge in [-0.15, -0.1) is 0 Å². The molecule has 2 nitrogen and oxygen atoms in total. The molecular formula is C14H14BrFN2. The Bertz CT molecular complexity index is 546. The SMILES string of the molecule is Cc1cc(CNc2cncc(Br)c2)cc(C)c1F. The molecule has 0 bridgehead atoms. The van der Waals surface area contributed by atoms with Crippen molar-refractivity contribution in [1.82, 2.24) is 4.98 Å². The van der Waals surface area contributed by atoms with Crippen LogP contribution in [0.25, 0.3) is 0 Å². The zero-order chi connectivity index (χ0) is 13.1. The highest BCUT2D eigenvalue weighted by atomic mass is 79.9. The molecular weight excluding hydrogens is 295 g/mol. The molecule has 0 amide bonds. The van der Waals surface area contributed by atoms with E-state index < -0.39 is 0 Å². The van der Waals surface area contributed by atoms with Crippen molar-refractivity contribution in [2.45, 2.75) is 20.4 Å². The molecule has 0 spiro atoms. The van der Waals surface area contributed by atoms with Gasteiger partial charge in [0.1, 0.15) is 5.82 Å². The van der Waals surface area contributed by atoms with Crippen molar-refractivity contribution in [2.24, 2.45) is 0 Å². The van der Waals surface area contributed by atoms with E-state index in [4.69, 9.17) is 0 Å². The number of pyridine rings is 1. The van der Waals surface area contributed by atoms with Gasteiger partial charge in [0.05, 0.1) is 11.9 Å². The Hall–Kier alpha value is -1.42. The van der Waals surface area contributed by atoms with Crippen molar-refractivity contribution in [2.75, 3.05) is 5.32 Å². The lowest BCUT2D eigenvalue weighted by Crippen LogP contribution is -2.02. The number of aryl methyl sites for hydroxylation is 2. The molecule has 2 rings (SSSR count). The largest absolute Gasteiger partial charge is 0.380 e. The van der Waals surface area contributed by atoms with Crippen LogP contribution >= 0.6 is 15.9 Å². The maximum atomic E-state index is 13.5. The van der Waals surface area contributed by atoms with Gasteiger partial charge in [-0.2, -0.15) is 0 Å². The second-order valence-corrected chi connectivity index (χ2v) is 5.20. The maximum absolute atomic E-state index is 13.5. The Morgan fingerprint density at radius 2 is 1.83 bits per heavy atom. The minimum Gasteiger partial charge on any atom is -0.380 e. The lowest BCUT2D eigenvalue weighted by atomic mass is 10.1. The lowest BCUT2D eigenvalue weighted by Gasteiger charge is -2.09. The first-order valence-electron chi connectivity index (χ1n) is 5.66. The Kier molecular flexibility index (Phi) is 3.97. The van der Waals surface area contributed by atoms with Crippen LogP contribution in [0.5, 0.6) is 0 Å². The van der Waals surface area contributed by atoms with E-state index in [0.717, 1.165) is 15.7 Å². The first-order chi connectivity index (χ1) is 8.56. The van der Waals surface area contributed by atoms with Crippen molar-refractivity contribution in [3.8, 4) is 0 Å². The number of halogens is 2. The number of anilines is 1. The van der Waals surface area contributed by atoms with Crippen molar-refractivity contribution < 1.29 is 4.39 Å². The zero-order valence-electron chi connectivity index (χ0n) is 10.3. The Morgan fingerprint density at radius 3 is 2.44 bits per heavy atom. The molecule has 1 aromatic heterocycles. The number of aromatic nitrogens is 1. The molecule has 0 unspecified atom stereocenters. The van der Waals surface area contributed by atoms with Crippen LogP contribution in [0.1, 0.15) is 16.7 Å². The second-order valence-electron chi connectivity index (χ2n) is 4.29. The fourth-order valence-corrected chi connectivity index (χ4v) is 2.22. The van der Waals surface area contributed by atoms with E-state index in [2.05, 4.69) is 26.2 Å². The first kappa shape index (κ1) is 13.0. The normalized spacial score (nSPS) is 10.4. The minimum absolute atomic E-state index is 0.122. The van der Waals surface area contributed by atoms with Crippen LogP contribution < -0.4 is 5.32 Å². The predicted molar refractivity (Wildman–Crippen MR) is 75.1 cm³/mol. The first-order valence-corrected chi connectivity index (χ1v) is 6.45. The van der Waals surface area contributed by atoms with E-state index in [1.165, 1.54) is 0 Å². The van der Waals surface area contributed by atoms with Crippen molar-refractivity contribution in [1.29, 1.82) is 0 Å². The molecule has 0 saturated heterocycles. The second kappa shape index (κ2) is 5.48. The Morgan fingerprint density at radius 1 is 1.17 bits per heavy atom. The van der Waals surface area contributed by atoms with Crippen LogP contribution in [-0.4, -0.2) is 4.98 Å². The average molecular weight is 309 g/mol. The van der Waals surface area contributed by atoms with Crippen LogP contribution in [-0.2, 0) is 6.54 Å². The summed E-state index contributed by atoms with van der Waals surface area (Å²) in [5.74, 6) is -0.122. The summed E-state index contributed by atoms with van der Waals surface area (Å²) in [6, 6.07) is 5.68. The summed E-state index contributed by atoms with van der Waals surface area (Å²) < 4.78 is 14.4. The number of nitrogens with one attached hydrogen (secondary N) is 1. The summed E-state index contributed by atoms with van der Waals surface area (Å²) >= 11 is 3.37. The molecule has 94 valence electrons. The zero-order valence-corrected chi connectivity index (χ0v) is 11.9. The number of hydrogen-bond donors (Lipinski definition) is 1. The van der Waals surface area contributed by atoms with Crippen molar-refractivity contribution >= 4 is 21.6 Å². The van der Waals surface area contributed by atoms with Gasteiger partial charge in [0.15, 0.2) is 0 Å². The van der Waals surface area contributed by atoms with Crippen LogP contribution in [0, 0.1) is 19.7 Å². The van der Waals surface area contributed by atoms with Crippen molar-refractivity contribution in [3.63, 3.8) is 0 Å². The summed E-state index contributed by atoms with van der Waals surface area (Å²) in [7, 11) is 0. The summed E-state index contributed by atoms with van der Waals surface area (Å²) in [4.78, 5) is 4.08. The third kappa shape index (κ3) is 3.07. The van der Waals surface area contributed by atoms with E-state index >= 15 is 0 Å². The molecule has 1 N–H and O–H groups in total. The van der Waals surface area contributed by atoms with Crippen molar-refractivity contribution in [3.05, 3.63) is 57.6 Å². The van der Waals surface area contributed by atoms with Crippen LogP contribution in [0.3, 0.4) is 0 Å². The molecule has 18 heavy (non-hydrogen) atoms. The third-order valence-corrected chi connectivity index (χ3v) is 3.13. The lowest BCUT2D eigenvalue weighted by molar-refractivity contribution is 0.608. The fourth-order valence-electron chi connectivity index (χ4n) is 1.85. The quantitative estimate of drug-likeness (QED) is 0.918. The van der Waals surface area contributed by atoms with E-state index in [1.807, 2.05) is 18.2 Å². The predicted octanol–water partition coefficient (Wildman–Crippen LogP) is 4.21. The highest BCUT2D eigenvalue weighted by molar-refractivity contribution is 9.10. The van der Waals surface area contributed by atoms with Crippen LogP contribution in [0.2, 0.25) is 0 Å². The molecule has 0 radical (unpaired) electrons. The Labute approximate surface area is 114 Å². The standard InChI is InChI=1S/C14H14BrFN2/c1-9-3-11(4-10(2)14(9)16)6-18-13-5-12(15)7-17-8-13/h3-5,7-8,18H,6H2,1-2H3. The molecule has 0 aliphatic rings.